The number of nitrogens with two attached hydrogens (primary N) is 1. The normalized spacial score (nSPS) is 25.7. The standard InChI is InChI=1S/C12H17BrN2OS/c1-7(2)15-10(16)4-3-9(14)11(15)12-8(13)5-6-17-12/h5-7,9,11H,3-4,14H2,1-2H3. The van der Waals surface area contributed by atoms with Gasteiger partial charge in [0.25, 0.3) is 0 Å². The molecule has 1 saturated heterocycles. The minimum atomic E-state index is 0.0191. The molecule has 17 heavy (non-hydrogen) atoms. The number of hydrogen-bond acceptors (Lipinski definition) is 3. The quantitative estimate of drug-likeness (QED) is 0.911. The molecule has 1 fully saturated rings. The highest BCUT2D eigenvalue weighted by Gasteiger charge is 2.37. The van der Waals surface area contributed by atoms with Crippen molar-refractivity contribution >= 4 is 33.2 Å². The fourth-order valence-corrected chi connectivity index (χ4v) is 4.17. The summed E-state index contributed by atoms with van der Waals surface area (Å²) in [6, 6.07) is 2.26. The summed E-state index contributed by atoms with van der Waals surface area (Å²) < 4.78 is 1.06. The first-order valence-electron chi connectivity index (χ1n) is 5.82. The minimum absolute atomic E-state index is 0.0191. The van der Waals surface area contributed by atoms with Crippen molar-refractivity contribution in [3.05, 3.63) is 20.8 Å². The molecule has 94 valence electrons. The van der Waals surface area contributed by atoms with Gasteiger partial charge in [-0.1, -0.05) is 0 Å². The average molecular weight is 317 g/mol. The summed E-state index contributed by atoms with van der Waals surface area (Å²) in [6.07, 6.45) is 1.34. The number of carbonyl (C=O) groups excluding carboxylic acids is 1. The van der Waals surface area contributed by atoms with Crippen LogP contribution in [0.5, 0.6) is 0 Å². The molecular weight excluding hydrogens is 300 g/mol. The Kier molecular flexibility index (Phi) is 3.90. The summed E-state index contributed by atoms with van der Waals surface area (Å²) >= 11 is 5.20. The zero-order valence-electron chi connectivity index (χ0n) is 10.0. The summed E-state index contributed by atoms with van der Waals surface area (Å²) in [4.78, 5) is 15.2. The minimum Gasteiger partial charge on any atom is -0.331 e. The lowest BCUT2D eigenvalue weighted by Crippen LogP contribution is -2.51. The number of thiophene rings is 1. The molecule has 1 aliphatic heterocycles. The van der Waals surface area contributed by atoms with Crippen LogP contribution in [-0.2, 0) is 4.79 Å². The second-order valence-corrected chi connectivity index (χ2v) is 6.48. The van der Waals surface area contributed by atoms with Crippen molar-refractivity contribution in [2.45, 2.75) is 44.8 Å². The summed E-state index contributed by atoms with van der Waals surface area (Å²) in [5, 5.41) is 2.03. The highest BCUT2D eigenvalue weighted by Crippen LogP contribution is 2.39. The molecule has 2 rings (SSSR count). The van der Waals surface area contributed by atoms with Gasteiger partial charge in [-0.15, -0.1) is 11.3 Å². The van der Waals surface area contributed by atoms with E-state index in [-0.39, 0.29) is 24.0 Å². The predicted molar refractivity (Wildman–Crippen MR) is 74.0 cm³/mol. The van der Waals surface area contributed by atoms with Gasteiger partial charge in [0.2, 0.25) is 5.91 Å². The van der Waals surface area contributed by atoms with Crippen molar-refractivity contribution in [3.63, 3.8) is 0 Å². The SMILES string of the molecule is CC(C)N1C(=O)CCC(N)C1c1sccc1Br. The molecule has 0 radical (unpaired) electrons. The largest absolute Gasteiger partial charge is 0.331 e. The predicted octanol–water partition coefficient (Wildman–Crippen LogP) is 2.91. The highest BCUT2D eigenvalue weighted by atomic mass is 79.9. The maximum Gasteiger partial charge on any atom is 0.223 e. The van der Waals surface area contributed by atoms with Crippen LogP contribution >= 0.6 is 27.3 Å². The molecule has 0 spiro atoms. The van der Waals surface area contributed by atoms with E-state index in [9.17, 15) is 4.79 Å². The lowest BCUT2D eigenvalue weighted by Gasteiger charge is -2.42. The number of likely N-dealkylation sites (tertiary alicyclic amines) is 1. The first-order valence-corrected chi connectivity index (χ1v) is 7.49. The van der Waals surface area contributed by atoms with Gasteiger partial charge in [-0.05, 0) is 47.6 Å². The van der Waals surface area contributed by atoms with Gasteiger partial charge in [-0.2, -0.15) is 0 Å². The van der Waals surface area contributed by atoms with Crippen molar-refractivity contribution in [1.82, 2.24) is 4.90 Å². The summed E-state index contributed by atoms with van der Waals surface area (Å²) in [5.41, 5.74) is 6.22. The molecule has 2 N–H and O–H groups in total. The van der Waals surface area contributed by atoms with Gasteiger partial charge in [0.15, 0.2) is 0 Å². The fourth-order valence-electron chi connectivity index (χ4n) is 2.38. The summed E-state index contributed by atoms with van der Waals surface area (Å²) in [7, 11) is 0. The van der Waals surface area contributed by atoms with E-state index in [0.29, 0.717) is 6.42 Å². The molecule has 1 aliphatic rings. The van der Waals surface area contributed by atoms with Crippen LogP contribution in [0.2, 0.25) is 0 Å². The van der Waals surface area contributed by atoms with Crippen LogP contribution in [0.1, 0.15) is 37.6 Å². The Labute approximate surface area is 114 Å². The van der Waals surface area contributed by atoms with Crippen LogP contribution in [-0.4, -0.2) is 22.9 Å². The van der Waals surface area contributed by atoms with Gasteiger partial charge in [0.1, 0.15) is 0 Å². The Hall–Kier alpha value is -0.390. The molecule has 2 atom stereocenters. The molecule has 0 aromatic carbocycles. The van der Waals surface area contributed by atoms with Gasteiger partial charge in [0.05, 0.1) is 6.04 Å². The highest BCUT2D eigenvalue weighted by molar-refractivity contribution is 9.10. The van der Waals surface area contributed by atoms with E-state index < -0.39 is 0 Å². The summed E-state index contributed by atoms with van der Waals surface area (Å²) in [6.45, 7) is 4.09. The van der Waals surface area contributed by atoms with Gasteiger partial charge >= 0.3 is 0 Å². The molecule has 1 amide bonds. The average Bonchev–Trinajstić information content (AvgIpc) is 2.67. The Bertz CT molecular complexity index is 418. The zero-order valence-corrected chi connectivity index (χ0v) is 12.4. The number of piperidine rings is 1. The van der Waals surface area contributed by atoms with Crippen LogP contribution in [0.25, 0.3) is 0 Å². The van der Waals surface area contributed by atoms with Gasteiger partial charge in [-0.3, -0.25) is 4.79 Å². The van der Waals surface area contributed by atoms with Crippen molar-refractivity contribution in [1.29, 1.82) is 0 Å². The number of hydrogen-bond donors (Lipinski definition) is 1. The van der Waals surface area contributed by atoms with E-state index in [1.165, 1.54) is 4.88 Å². The van der Waals surface area contributed by atoms with Crippen LogP contribution in [0.4, 0.5) is 0 Å². The Morgan fingerprint density at radius 1 is 1.59 bits per heavy atom. The number of amides is 1. The zero-order chi connectivity index (χ0) is 12.6. The first-order chi connectivity index (χ1) is 8.02. The molecule has 5 heteroatoms. The van der Waals surface area contributed by atoms with Crippen molar-refractivity contribution < 1.29 is 4.79 Å². The van der Waals surface area contributed by atoms with Gasteiger partial charge in [0, 0.05) is 27.9 Å². The second-order valence-electron chi connectivity index (χ2n) is 4.67. The van der Waals surface area contributed by atoms with Crippen LogP contribution in [0.15, 0.2) is 15.9 Å². The van der Waals surface area contributed by atoms with Crippen molar-refractivity contribution in [2.24, 2.45) is 5.73 Å². The van der Waals surface area contributed by atoms with E-state index in [4.69, 9.17) is 5.73 Å². The number of rotatable bonds is 2. The Balaban J connectivity index is 2.39. The monoisotopic (exact) mass is 316 g/mol. The maximum atomic E-state index is 12.1. The third-order valence-corrected chi connectivity index (χ3v) is 5.10. The summed E-state index contributed by atoms with van der Waals surface area (Å²) in [5.74, 6) is 0.215. The van der Waals surface area contributed by atoms with Gasteiger partial charge in [-0.25, -0.2) is 0 Å². The van der Waals surface area contributed by atoms with Crippen molar-refractivity contribution in [3.8, 4) is 0 Å². The van der Waals surface area contributed by atoms with Crippen LogP contribution in [0, 0.1) is 0 Å². The third kappa shape index (κ3) is 2.41. The van der Waals surface area contributed by atoms with Crippen LogP contribution < -0.4 is 5.73 Å². The second kappa shape index (κ2) is 5.08. The van der Waals surface area contributed by atoms with E-state index in [0.717, 1.165) is 10.9 Å². The Morgan fingerprint density at radius 3 is 2.82 bits per heavy atom. The molecule has 0 saturated carbocycles. The topological polar surface area (TPSA) is 46.3 Å². The lowest BCUT2D eigenvalue weighted by molar-refractivity contribution is -0.139. The van der Waals surface area contributed by atoms with Crippen molar-refractivity contribution in [2.75, 3.05) is 0 Å². The molecule has 2 unspecified atom stereocenters. The van der Waals surface area contributed by atoms with Crippen LogP contribution in [0.3, 0.4) is 0 Å². The first kappa shape index (κ1) is 13.1. The van der Waals surface area contributed by atoms with E-state index in [2.05, 4.69) is 15.9 Å². The lowest BCUT2D eigenvalue weighted by atomic mass is 9.94. The van der Waals surface area contributed by atoms with Gasteiger partial charge < -0.3 is 10.6 Å². The number of nitrogens with zero attached hydrogens (tertiary/aromatic N) is 1. The van der Waals surface area contributed by atoms with E-state index in [1.54, 1.807) is 11.3 Å². The smallest absolute Gasteiger partial charge is 0.223 e. The molecule has 3 nitrogen and oxygen atoms in total. The molecule has 0 bridgehead atoms. The number of carbonyl (C=O) groups is 1. The molecule has 2 heterocycles. The van der Waals surface area contributed by atoms with E-state index in [1.807, 2.05) is 30.2 Å². The fraction of sp³-hybridized carbons (Fsp3) is 0.583. The third-order valence-electron chi connectivity index (χ3n) is 3.15. The maximum absolute atomic E-state index is 12.1. The van der Waals surface area contributed by atoms with E-state index >= 15 is 0 Å². The Morgan fingerprint density at radius 2 is 2.29 bits per heavy atom. The molecular formula is C12H17BrN2OS. The molecule has 0 aliphatic carbocycles. The number of halogens is 1. The molecule has 1 aromatic rings. The molecule has 1 aromatic heterocycles.